The Balaban J connectivity index is 2.30. The van der Waals surface area contributed by atoms with E-state index in [1.807, 2.05) is 23.6 Å². The van der Waals surface area contributed by atoms with Crippen molar-refractivity contribution in [1.29, 1.82) is 0 Å². The van der Waals surface area contributed by atoms with Crippen LogP contribution in [0, 0.1) is 6.92 Å². The fraction of sp³-hybridized carbons (Fsp3) is 0.571. The first-order valence-electron chi connectivity index (χ1n) is 6.76. The Morgan fingerprint density at radius 2 is 1.95 bits per heavy atom. The Hall–Kier alpha value is -0.723. The zero-order valence-corrected chi connectivity index (χ0v) is 15.6. The van der Waals surface area contributed by atoms with Gasteiger partial charge in [0.05, 0.1) is 12.3 Å². The van der Waals surface area contributed by atoms with E-state index in [-0.39, 0.29) is 5.04 Å². The van der Waals surface area contributed by atoms with Crippen molar-refractivity contribution in [3.8, 4) is 0 Å². The zero-order valence-electron chi connectivity index (χ0n) is 13.0. The summed E-state index contributed by atoms with van der Waals surface area (Å²) < 4.78 is 8.93. The quantitative estimate of drug-likeness (QED) is 0.769. The van der Waals surface area contributed by atoms with Gasteiger partial charge in [-0.05, 0) is 47.1 Å². The van der Waals surface area contributed by atoms with E-state index in [1.54, 1.807) is 0 Å². The van der Waals surface area contributed by atoms with Crippen LogP contribution >= 0.6 is 15.9 Å². The molecule has 0 aliphatic carbocycles. The molecule has 0 N–H and O–H groups in total. The molecule has 0 fully saturated rings. The molecule has 2 aromatic heterocycles. The molecular formula is C14H22BrN3OSi. The van der Waals surface area contributed by atoms with Crippen molar-refractivity contribution in [3.05, 3.63) is 28.1 Å². The Kier molecular flexibility index (Phi) is 4.10. The van der Waals surface area contributed by atoms with Gasteiger partial charge in [0.1, 0.15) is 4.60 Å². The lowest BCUT2D eigenvalue weighted by Gasteiger charge is -2.36. The second-order valence-electron chi connectivity index (χ2n) is 6.67. The van der Waals surface area contributed by atoms with E-state index < -0.39 is 8.32 Å². The lowest BCUT2D eigenvalue weighted by atomic mass is 10.2. The summed E-state index contributed by atoms with van der Waals surface area (Å²) in [5.74, 6) is 0. The van der Waals surface area contributed by atoms with Crippen molar-refractivity contribution < 1.29 is 4.43 Å². The highest BCUT2D eigenvalue weighted by Crippen LogP contribution is 2.37. The molecule has 110 valence electrons. The molecule has 0 aliphatic heterocycles. The maximum Gasteiger partial charge on any atom is 0.192 e. The molecule has 2 rings (SSSR count). The van der Waals surface area contributed by atoms with Gasteiger partial charge in [0.2, 0.25) is 0 Å². The van der Waals surface area contributed by atoms with Gasteiger partial charge >= 0.3 is 0 Å². The minimum Gasteiger partial charge on any atom is -0.411 e. The van der Waals surface area contributed by atoms with Gasteiger partial charge in [-0.1, -0.05) is 20.8 Å². The van der Waals surface area contributed by atoms with E-state index in [0.29, 0.717) is 6.61 Å². The van der Waals surface area contributed by atoms with Crippen LogP contribution in [0.15, 0.2) is 16.7 Å². The Morgan fingerprint density at radius 1 is 1.30 bits per heavy atom. The molecule has 0 amide bonds. The van der Waals surface area contributed by atoms with Crippen LogP contribution in [-0.4, -0.2) is 22.9 Å². The molecule has 6 heteroatoms. The minimum absolute atomic E-state index is 0.207. The smallest absolute Gasteiger partial charge is 0.192 e. The summed E-state index contributed by atoms with van der Waals surface area (Å²) in [4.78, 5) is 4.48. The van der Waals surface area contributed by atoms with E-state index >= 15 is 0 Å². The first-order chi connectivity index (χ1) is 9.10. The largest absolute Gasteiger partial charge is 0.411 e. The lowest BCUT2D eigenvalue weighted by molar-refractivity contribution is 0.269. The number of rotatable bonds is 3. The van der Waals surface area contributed by atoms with Crippen molar-refractivity contribution >= 4 is 29.9 Å². The Bertz CT molecular complexity index is 631. The SMILES string of the molecule is Cc1cc(CO[Si](C)(C)C(C)(C)C)n2nc(Br)cc2n1. The molecule has 4 nitrogen and oxygen atoms in total. The van der Waals surface area contributed by atoms with Gasteiger partial charge in [-0.2, -0.15) is 5.10 Å². The van der Waals surface area contributed by atoms with Crippen molar-refractivity contribution in [1.82, 2.24) is 14.6 Å². The highest BCUT2D eigenvalue weighted by Gasteiger charge is 2.37. The van der Waals surface area contributed by atoms with Crippen molar-refractivity contribution in [3.63, 3.8) is 0 Å². The predicted octanol–water partition coefficient (Wildman–Crippen LogP) is 4.32. The zero-order chi connectivity index (χ0) is 15.1. The molecule has 0 atom stereocenters. The second kappa shape index (κ2) is 5.24. The van der Waals surface area contributed by atoms with E-state index in [1.165, 1.54) is 0 Å². The van der Waals surface area contributed by atoms with Gasteiger partial charge in [0.25, 0.3) is 0 Å². The van der Waals surface area contributed by atoms with Gasteiger partial charge in [-0.15, -0.1) is 0 Å². The summed E-state index contributed by atoms with van der Waals surface area (Å²) in [6, 6.07) is 3.96. The van der Waals surface area contributed by atoms with E-state index in [2.05, 4.69) is 59.9 Å². The van der Waals surface area contributed by atoms with Gasteiger partial charge < -0.3 is 4.43 Å². The fourth-order valence-electron chi connectivity index (χ4n) is 1.72. The molecule has 0 aliphatic rings. The van der Waals surface area contributed by atoms with Crippen LogP contribution in [0.1, 0.15) is 32.2 Å². The minimum atomic E-state index is -1.76. The Morgan fingerprint density at radius 3 is 2.55 bits per heavy atom. The summed E-state index contributed by atoms with van der Waals surface area (Å²) >= 11 is 3.40. The third-order valence-corrected chi connectivity index (χ3v) is 8.85. The molecule has 0 unspecified atom stereocenters. The highest BCUT2D eigenvalue weighted by molar-refractivity contribution is 9.10. The molecule has 0 radical (unpaired) electrons. The topological polar surface area (TPSA) is 39.4 Å². The van der Waals surface area contributed by atoms with Crippen LogP contribution in [0.3, 0.4) is 0 Å². The van der Waals surface area contributed by atoms with Crippen LogP contribution < -0.4 is 0 Å². The summed E-state index contributed by atoms with van der Waals surface area (Å²) in [5.41, 5.74) is 2.88. The highest BCUT2D eigenvalue weighted by atomic mass is 79.9. The molecule has 0 aromatic carbocycles. The second-order valence-corrected chi connectivity index (χ2v) is 12.3. The average Bonchev–Trinajstić information content (AvgIpc) is 2.64. The van der Waals surface area contributed by atoms with E-state index in [0.717, 1.165) is 21.6 Å². The number of hydrogen-bond acceptors (Lipinski definition) is 3. The summed E-state index contributed by atoms with van der Waals surface area (Å²) in [7, 11) is -1.76. The third-order valence-electron chi connectivity index (χ3n) is 3.99. The molecule has 0 saturated carbocycles. The third kappa shape index (κ3) is 3.12. The molecule has 0 saturated heterocycles. The van der Waals surface area contributed by atoms with E-state index in [4.69, 9.17) is 4.43 Å². The number of halogens is 1. The summed E-state index contributed by atoms with van der Waals surface area (Å²) in [5, 5.41) is 4.63. The monoisotopic (exact) mass is 355 g/mol. The normalized spacial score (nSPS) is 13.2. The molecule has 2 aromatic rings. The fourth-order valence-corrected chi connectivity index (χ4v) is 3.03. The van der Waals surface area contributed by atoms with Gasteiger partial charge in [-0.3, -0.25) is 0 Å². The number of hydrogen-bond donors (Lipinski definition) is 0. The van der Waals surface area contributed by atoms with Gasteiger partial charge in [0, 0.05) is 11.8 Å². The summed E-state index contributed by atoms with van der Waals surface area (Å²) in [6.45, 7) is 13.8. The van der Waals surface area contributed by atoms with Crippen LogP contribution in [0.5, 0.6) is 0 Å². The maximum absolute atomic E-state index is 6.29. The van der Waals surface area contributed by atoms with E-state index in [9.17, 15) is 0 Å². The standard InChI is InChI=1S/C14H22BrN3OSi/c1-10-7-11(9-19-20(5,6)14(2,3)4)18-13(16-10)8-12(15)17-18/h7-8H,9H2,1-6H3. The van der Waals surface area contributed by atoms with Crippen LogP contribution in [0.4, 0.5) is 0 Å². The lowest BCUT2D eigenvalue weighted by Crippen LogP contribution is -2.40. The molecule has 0 spiro atoms. The average molecular weight is 356 g/mol. The number of nitrogens with zero attached hydrogens (tertiary/aromatic N) is 3. The molecule has 0 bridgehead atoms. The number of aryl methyl sites for hydroxylation is 1. The Labute approximate surface area is 129 Å². The molecular weight excluding hydrogens is 334 g/mol. The molecule has 20 heavy (non-hydrogen) atoms. The van der Waals surface area contributed by atoms with Crippen LogP contribution in [0.2, 0.25) is 18.1 Å². The van der Waals surface area contributed by atoms with Crippen LogP contribution in [-0.2, 0) is 11.0 Å². The summed E-state index contributed by atoms with van der Waals surface area (Å²) in [6.07, 6.45) is 0. The van der Waals surface area contributed by atoms with Crippen molar-refractivity contribution in [2.24, 2.45) is 0 Å². The van der Waals surface area contributed by atoms with Gasteiger partial charge in [0.15, 0.2) is 14.0 Å². The maximum atomic E-state index is 6.29. The predicted molar refractivity (Wildman–Crippen MR) is 87.4 cm³/mol. The van der Waals surface area contributed by atoms with Crippen LogP contribution in [0.25, 0.3) is 5.65 Å². The van der Waals surface area contributed by atoms with Crippen molar-refractivity contribution in [2.75, 3.05) is 0 Å². The van der Waals surface area contributed by atoms with Crippen molar-refractivity contribution in [2.45, 2.75) is 52.4 Å². The first-order valence-corrected chi connectivity index (χ1v) is 10.5. The van der Waals surface area contributed by atoms with Gasteiger partial charge in [-0.25, -0.2) is 9.50 Å². The molecule has 2 heterocycles. The number of aromatic nitrogens is 3. The first kappa shape index (κ1) is 15.7. The number of fused-ring (bicyclic) bond motifs is 1.